The predicted octanol–water partition coefficient (Wildman–Crippen LogP) is 7.62. The molecule has 0 fully saturated rings. The molecule has 0 saturated carbocycles. The van der Waals surface area contributed by atoms with E-state index in [0.29, 0.717) is 11.5 Å². The molecule has 0 radical (unpaired) electrons. The molecule has 0 aromatic heterocycles. The summed E-state index contributed by atoms with van der Waals surface area (Å²) in [5.74, 6) is -0.590. The lowest BCUT2D eigenvalue weighted by molar-refractivity contribution is 0.0696. The van der Waals surface area contributed by atoms with E-state index in [2.05, 4.69) is 71.1 Å². The molecule has 3 aromatic carbocycles. The van der Waals surface area contributed by atoms with Crippen LogP contribution in [0.25, 0.3) is 17.2 Å². The van der Waals surface area contributed by atoms with Crippen molar-refractivity contribution in [2.45, 2.75) is 47.0 Å². The number of ketones is 1. The van der Waals surface area contributed by atoms with Gasteiger partial charge in [0.05, 0.1) is 5.56 Å². The molecule has 0 bridgehead atoms. The van der Waals surface area contributed by atoms with Gasteiger partial charge in [0.25, 0.3) is 0 Å². The molecular formula is C31H35NO3. The second-order valence-electron chi connectivity index (χ2n) is 10.5. The van der Waals surface area contributed by atoms with E-state index in [1.54, 1.807) is 24.3 Å². The second-order valence-corrected chi connectivity index (χ2v) is 10.5. The molecule has 0 spiro atoms. The molecule has 0 heterocycles. The van der Waals surface area contributed by atoms with Gasteiger partial charge in [-0.3, -0.25) is 4.79 Å². The monoisotopic (exact) mass is 469 g/mol. The number of aryl methyl sites for hydroxylation is 1. The number of allylic oxidation sites excluding steroid dienone is 1. The highest BCUT2D eigenvalue weighted by Crippen LogP contribution is 2.39. The van der Waals surface area contributed by atoms with Crippen LogP contribution < -0.4 is 5.32 Å². The number of rotatable bonds is 8. The maximum absolute atomic E-state index is 13.3. The molecule has 3 rings (SSSR count). The molecule has 0 amide bonds. The summed E-state index contributed by atoms with van der Waals surface area (Å²) in [6, 6.07) is 18.8. The van der Waals surface area contributed by atoms with Gasteiger partial charge in [-0.25, -0.2) is 4.79 Å². The Labute approximate surface area is 208 Å². The number of hydrogen-bond donors (Lipinski definition) is 2. The van der Waals surface area contributed by atoms with Crippen LogP contribution in [0.3, 0.4) is 0 Å². The van der Waals surface area contributed by atoms with E-state index in [9.17, 15) is 9.59 Å². The summed E-state index contributed by atoms with van der Waals surface area (Å²) in [6.45, 7) is 13.8. The van der Waals surface area contributed by atoms with Crippen LogP contribution in [0.2, 0.25) is 0 Å². The second kappa shape index (κ2) is 10.7. The molecule has 0 atom stereocenters. The minimum absolute atomic E-state index is 0.0958. The summed E-state index contributed by atoms with van der Waals surface area (Å²) in [6.07, 6.45) is 3.28. The molecule has 0 aliphatic rings. The van der Waals surface area contributed by atoms with Crippen molar-refractivity contribution in [3.8, 4) is 11.1 Å². The molecule has 35 heavy (non-hydrogen) atoms. The van der Waals surface area contributed by atoms with Gasteiger partial charge in [-0.05, 0) is 65.3 Å². The van der Waals surface area contributed by atoms with Crippen molar-refractivity contribution in [2.75, 3.05) is 11.9 Å². The largest absolute Gasteiger partial charge is 0.478 e. The summed E-state index contributed by atoms with van der Waals surface area (Å²) < 4.78 is 0. The zero-order valence-electron chi connectivity index (χ0n) is 21.5. The number of carboxylic acid groups (broad SMARTS) is 1. The molecule has 4 heteroatoms. The van der Waals surface area contributed by atoms with Gasteiger partial charge >= 0.3 is 5.97 Å². The van der Waals surface area contributed by atoms with Gasteiger partial charge in [-0.2, -0.15) is 0 Å². The van der Waals surface area contributed by atoms with E-state index >= 15 is 0 Å². The van der Waals surface area contributed by atoms with Crippen LogP contribution in [0, 0.1) is 12.8 Å². The highest BCUT2D eigenvalue weighted by molar-refractivity contribution is 6.08. The highest BCUT2D eigenvalue weighted by Gasteiger charge is 2.23. The van der Waals surface area contributed by atoms with Crippen LogP contribution in [0.1, 0.15) is 72.0 Å². The van der Waals surface area contributed by atoms with Gasteiger partial charge in [0, 0.05) is 23.4 Å². The van der Waals surface area contributed by atoms with E-state index in [1.165, 1.54) is 17.7 Å². The number of carbonyl (C=O) groups is 2. The average molecular weight is 470 g/mol. The number of carboxylic acids is 1. The Morgan fingerprint density at radius 1 is 0.943 bits per heavy atom. The van der Waals surface area contributed by atoms with Crippen molar-refractivity contribution >= 4 is 23.5 Å². The van der Waals surface area contributed by atoms with E-state index in [-0.39, 0.29) is 16.8 Å². The zero-order chi connectivity index (χ0) is 25.8. The summed E-state index contributed by atoms with van der Waals surface area (Å²) in [5.41, 5.74) is 6.87. The normalized spacial score (nSPS) is 11.7. The average Bonchev–Trinajstić information content (AvgIpc) is 2.80. The molecule has 4 nitrogen and oxygen atoms in total. The van der Waals surface area contributed by atoms with Crippen LogP contribution in [0.5, 0.6) is 0 Å². The molecular weight excluding hydrogens is 434 g/mol. The van der Waals surface area contributed by atoms with Crippen molar-refractivity contribution in [1.29, 1.82) is 0 Å². The standard InChI is InChI=1S/C31H35NO3/c1-20(2)19-32-29-26(23-12-7-21(3)8-13-23)17-25(18-27(29)31(4,5)6)28(33)16-11-22-9-14-24(15-10-22)30(34)35/h7-18,20,32H,19H2,1-6H3,(H,34,35). The first kappa shape index (κ1) is 26.0. The number of benzene rings is 3. The van der Waals surface area contributed by atoms with E-state index in [0.717, 1.165) is 34.5 Å². The Morgan fingerprint density at radius 2 is 1.57 bits per heavy atom. The fourth-order valence-electron chi connectivity index (χ4n) is 3.84. The molecule has 0 aliphatic heterocycles. The minimum atomic E-state index is -0.971. The predicted molar refractivity (Wildman–Crippen MR) is 145 cm³/mol. The Hall–Kier alpha value is -3.66. The fraction of sp³-hybridized carbons (Fsp3) is 0.290. The van der Waals surface area contributed by atoms with Crippen LogP contribution in [0.15, 0.2) is 66.7 Å². The van der Waals surface area contributed by atoms with Gasteiger partial charge < -0.3 is 10.4 Å². The van der Waals surface area contributed by atoms with Gasteiger partial charge in [0.15, 0.2) is 5.78 Å². The summed E-state index contributed by atoms with van der Waals surface area (Å²) >= 11 is 0. The summed E-state index contributed by atoms with van der Waals surface area (Å²) in [4.78, 5) is 24.4. The van der Waals surface area contributed by atoms with Gasteiger partial charge in [-0.1, -0.05) is 82.7 Å². The van der Waals surface area contributed by atoms with Crippen molar-refractivity contribution < 1.29 is 14.7 Å². The quantitative estimate of drug-likeness (QED) is 0.263. The Bertz CT molecular complexity index is 1230. The number of nitrogens with one attached hydrogen (secondary N) is 1. The Morgan fingerprint density at radius 3 is 2.11 bits per heavy atom. The van der Waals surface area contributed by atoms with Crippen LogP contribution in [-0.2, 0) is 5.41 Å². The number of hydrogen-bond acceptors (Lipinski definition) is 3. The molecule has 0 unspecified atom stereocenters. The Balaban J connectivity index is 2.08. The first-order chi connectivity index (χ1) is 16.5. The third-order valence-electron chi connectivity index (χ3n) is 5.87. The minimum Gasteiger partial charge on any atom is -0.478 e. The van der Waals surface area contributed by atoms with Gasteiger partial charge in [-0.15, -0.1) is 0 Å². The first-order valence-electron chi connectivity index (χ1n) is 12.0. The summed E-state index contributed by atoms with van der Waals surface area (Å²) in [7, 11) is 0. The first-order valence-corrected chi connectivity index (χ1v) is 12.0. The molecule has 182 valence electrons. The lowest BCUT2D eigenvalue weighted by Gasteiger charge is -2.27. The lowest BCUT2D eigenvalue weighted by atomic mass is 9.81. The number of aromatic carboxylic acids is 1. The van der Waals surface area contributed by atoms with Crippen LogP contribution in [-0.4, -0.2) is 23.4 Å². The SMILES string of the molecule is Cc1ccc(-c2cc(C(=O)C=Cc3ccc(C(=O)O)cc3)cc(C(C)(C)C)c2NCC(C)C)cc1. The molecule has 0 aliphatic carbocycles. The third kappa shape index (κ3) is 6.69. The molecule has 3 aromatic rings. The topological polar surface area (TPSA) is 66.4 Å². The lowest BCUT2D eigenvalue weighted by Crippen LogP contribution is -2.19. The van der Waals surface area contributed by atoms with Gasteiger partial charge in [0.1, 0.15) is 0 Å². The van der Waals surface area contributed by atoms with E-state index in [1.807, 2.05) is 12.1 Å². The highest BCUT2D eigenvalue weighted by atomic mass is 16.4. The van der Waals surface area contributed by atoms with Crippen molar-refractivity contribution in [1.82, 2.24) is 0 Å². The van der Waals surface area contributed by atoms with Crippen LogP contribution in [0.4, 0.5) is 5.69 Å². The Kier molecular flexibility index (Phi) is 7.96. The van der Waals surface area contributed by atoms with Gasteiger partial charge in [0.2, 0.25) is 0 Å². The zero-order valence-corrected chi connectivity index (χ0v) is 21.5. The third-order valence-corrected chi connectivity index (χ3v) is 5.87. The number of carbonyl (C=O) groups excluding carboxylic acids is 1. The van der Waals surface area contributed by atoms with Crippen molar-refractivity contribution in [2.24, 2.45) is 5.92 Å². The van der Waals surface area contributed by atoms with E-state index < -0.39 is 5.97 Å². The smallest absolute Gasteiger partial charge is 0.335 e. The molecule has 0 saturated heterocycles. The fourth-order valence-corrected chi connectivity index (χ4v) is 3.84. The van der Waals surface area contributed by atoms with Crippen molar-refractivity contribution in [3.63, 3.8) is 0 Å². The maximum Gasteiger partial charge on any atom is 0.335 e. The van der Waals surface area contributed by atoms with Crippen molar-refractivity contribution in [3.05, 3.63) is 94.6 Å². The maximum atomic E-state index is 13.3. The molecule has 2 N–H and O–H groups in total. The van der Waals surface area contributed by atoms with E-state index in [4.69, 9.17) is 5.11 Å². The summed E-state index contributed by atoms with van der Waals surface area (Å²) in [5, 5.41) is 12.7. The van der Waals surface area contributed by atoms with Crippen LogP contribution >= 0.6 is 0 Å². The number of anilines is 1.